The van der Waals surface area contributed by atoms with Crippen LogP contribution in [0.25, 0.3) is 0 Å². The summed E-state index contributed by atoms with van der Waals surface area (Å²) in [5.41, 5.74) is 1.05. The molecule has 1 heterocycles. The van der Waals surface area contributed by atoms with Crippen molar-refractivity contribution in [2.24, 2.45) is 0 Å². The number of carbonyl (C=O) groups excluding carboxylic acids is 2. The minimum atomic E-state index is -1.19. The molecule has 0 aromatic heterocycles. The molecule has 0 saturated carbocycles. The molecular formula is C23H27FN2O4. The number of carbonyl (C=O) groups is 2. The molecule has 1 atom stereocenters. The lowest BCUT2D eigenvalue weighted by molar-refractivity contribution is -0.132. The summed E-state index contributed by atoms with van der Waals surface area (Å²) in [6.45, 7) is 4.01. The molecule has 160 valence electrons. The molecule has 0 unspecified atom stereocenters. The molecule has 6 nitrogen and oxygen atoms in total. The topological polar surface area (TPSA) is 67.9 Å². The number of nitrogens with one attached hydrogen (secondary N) is 1. The van der Waals surface area contributed by atoms with Gasteiger partial charge >= 0.3 is 6.03 Å². The van der Waals surface area contributed by atoms with Crippen molar-refractivity contribution < 1.29 is 23.5 Å². The molecule has 1 N–H and O–H groups in total. The third kappa shape index (κ3) is 3.84. The average molecular weight is 414 g/mol. The number of nitrogens with zero attached hydrogens (tertiary/aromatic N) is 1. The van der Waals surface area contributed by atoms with Gasteiger partial charge in [-0.3, -0.25) is 9.69 Å². The van der Waals surface area contributed by atoms with Gasteiger partial charge in [-0.25, -0.2) is 9.18 Å². The molecule has 1 fully saturated rings. The second-order valence-electron chi connectivity index (χ2n) is 7.47. The molecule has 0 spiro atoms. The first-order valence-corrected chi connectivity index (χ1v) is 9.98. The molecular weight excluding hydrogens is 387 g/mol. The number of ether oxygens (including phenoxy) is 2. The number of benzene rings is 2. The van der Waals surface area contributed by atoms with E-state index in [4.69, 9.17) is 9.47 Å². The molecule has 0 radical (unpaired) electrons. The van der Waals surface area contributed by atoms with Crippen molar-refractivity contribution in [3.8, 4) is 11.5 Å². The lowest BCUT2D eigenvalue weighted by Gasteiger charge is -2.27. The van der Waals surface area contributed by atoms with Crippen molar-refractivity contribution >= 4 is 11.9 Å². The zero-order chi connectivity index (χ0) is 21.9. The van der Waals surface area contributed by atoms with Gasteiger partial charge in [0.25, 0.3) is 5.91 Å². The number of hydrogen-bond donors (Lipinski definition) is 1. The summed E-state index contributed by atoms with van der Waals surface area (Å²) in [5.74, 6) is 0.390. The predicted octanol–water partition coefficient (Wildman–Crippen LogP) is 4.29. The normalized spacial score (nSPS) is 18.5. The maximum Gasteiger partial charge on any atom is 0.325 e. The van der Waals surface area contributed by atoms with Crippen LogP contribution in [0.3, 0.4) is 0 Å². The molecule has 2 aromatic rings. The standard InChI is InChI=1S/C23H27FN2O4/c1-5-6-11-23(17-7-9-18(24)10-8-17)21(27)26(22(28)25-23)14-16-13-20(30-4)19(29-3)12-15(16)2/h7-10,12-13H,5-6,11,14H2,1-4H3,(H,25,28)/t23-/m1/s1. The fraction of sp³-hybridized carbons (Fsp3) is 0.391. The van der Waals surface area contributed by atoms with E-state index in [9.17, 15) is 14.0 Å². The summed E-state index contributed by atoms with van der Waals surface area (Å²) < 4.78 is 24.1. The maximum absolute atomic E-state index is 13.5. The van der Waals surface area contributed by atoms with Gasteiger partial charge < -0.3 is 14.8 Å². The van der Waals surface area contributed by atoms with Crippen LogP contribution >= 0.6 is 0 Å². The van der Waals surface area contributed by atoms with Gasteiger partial charge in [0, 0.05) is 0 Å². The second kappa shape index (κ2) is 8.73. The van der Waals surface area contributed by atoms with Crippen LogP contribution in [0, 0.1) is 12.7 Å². The van der Waals surface area contributed by atoms with Gasteiger partial charge in [-0.1, -0.05) is 31.9 Å². The van der Waals surface area contributed by atoms with E-state index in [-0.39, 0.29) is 18.3 Å². The van der Waals surface area contributed by atoms with Crippen LogP contribution in [0.15, 0.2) is 36.4 Å². The highest BCUT2D eigenvalue weighted by atomic mass is 19.1. The van der Waals surface area contributed by atoms with E-state index >= 15 is 0 Å². The molecule has 3 amide bonds. The van der Waals surface area contributed by atoms with E-state index in [1.165, 1.54) is 24.1 Å². The summed E-state index contributed by atoms with van der Waals surface area (Å²) in [5, 5.41) is 2.89. The first kappa shape index (κ1) is 21.6. The van der Waals surface area contributed by atoms with Crippen LogP contribution < -0.4 is 14.8 Å². The van der Waals surface area contributed by atoms with Crippen LogP contribution in [0.5, 0.6) is 11.5 Å². The second-order valence-corrected chi connectivity index (χ2v) is 7.47. The van der Waals surface area contributed by atoms with Gasteiger partial charge in [0.2, 0.25) is 0 Å². The summed E-state index contributed by atoms with van der Waals surface area (Å²) in [6, 6.07) is 8.88. The Morgan fingerprint density at radius 3 is 2.30 bits per heavy atom. The lowest BCUT2D eigenvalue weighted by atomic mass is 9.84. The number of urea groups is 1. The third-order valence-corrected chi connectivity index (χ3v) is 5.59. The number of rotatable bonds is 8. The smallest absolute Gasteiger partial charge is 0.325 e. The van der Waals surface area contributed by atoms with Gasteiger partial charge in [-0.05, 0) is 54.3 Å². The van der Waals surface area contributed by atoms with E-state index in [2.05, 4.69) is 5.32 Å². The molecule has 0 aliphatic carbocycles. The van der Waals surface area contributed by atoms with Crippen LogP contribution in [-0.4, -0.2) is 31.1 Å². The molecule has 30 heavy (non-hydrogen) atoms. The Bertz CT molecular complexity index is 945. The lowest BCUT2D eigenvalue weighted by Crippen LogP contribution is -2.44. The molecule has 3 rings (SSSR count). The summed E-state index contributed by atoms with van der Waals surface area (Å²) >= 11 is 0. The van der Waals surface area contributed by atoms with Gasteiger partial charge in [-0.15, -0.1) is 0 Å². The highest BCUT2D eigenvalue weighted by Crippen LogP contribution is 2.36. The number of halogens is 1. The zero-order valence-corrected chi connectivity index (χ0v) is 17.8. The monoisotopic (exact) mass is 414 g/mol. The Morgan fingerprint density at radius 1 is 1.07 bits per heavy atom. The van der Waals surface area contributed by atoms with Crippen LogP contribution in [0.4, 0.5) is 9.18 Å². The SMILES string of the molecule is CCCC[C@]1(c2ccc(F)cc2)NC(=O)N(Cc2cc(OC)c(OC)cc2C)C1=O. The Morgan fingerprint density at radius 2 is 1.70 bits per heavy atom. The zero-order valence-electron chi connectivity index (χ0n) is 17.8. The van der Waals surface area contributed by atoms with Crippen LogP contribution in [0.2, 0.25) is 0 Å². The minimum absolute atomic E-state index is 0.103. The van der Waals surface area contributed by atoms with E-state index in [0.717, 1.165) is 24.0 Å². The number of methoxy groups -OCH3 is 2. The Hall–Kier alpha value is -3.09. The first-order chi connectivity index (χ1) is 14.4. The van der Waals surface area contributed by atoms with E-state index in [0.29, 0.717) is 23.5 Å². The highest BCUT2D eigenvalue weighted by Gasteiger charge is 2.51. The van der Waals surface area contributed by atoms with Gasteiger partial charge in [0.1, 0.15) is 11.4 Å². The predicted molar refractivity (Wildman–Crippen MR) is 111 cm³/mol. The van der Waals surface area contributed by atoms with E-state index in [1.807, 2.05) is 19.9 Å². The third-order valence-electron chi connectivity index (χ3n) is 5.59. The van der Waals surface area contributed by atoms with Crippen molar-refractivity contribution in [2.45, 2.75) is 45.2 Å². The number of unbranched alkanes of at least 4 members (excludes halogenated alkanes) is 1. The van der Waals surface area contributed by atoms with Crippen molar-refractivity contribution in [1.82, 2.24) is 10.2 Å². The summed E-state index contributed by atoms with van der Waals surface area (Å²) in [6.07, 6.45) is 2.05. The van der Waals surface area contributed by atoms with Gasteiger partial charge in [0.15, 0.2) is 11.5 Å². The molecule has 1 aliphatic rings. The number of aryl methyl sites for hydroxylation is 1. The van der Waals surface area contributed by atoms with Crippen molar-refractivity contribution in [2.75, 3.05) is 14.2 Å². The Labute approximate surface area is 176 Å². The minimum Gasteiger partial charge on any atom is -0.493 e. The summed E-state index contributed by atoms with van der Waals surface area (Å²) in [7, 11) is 3.09. The highest BCUT2D eigenvalue weighted by molar-refractivity contribution is 6.07. The fourth-order valence-electron chi connectivity index (χ4n) is 3.82. The van der Waals surface area contributed by atoms with Crippen LogP contribution in [-0.2, 0) is 16.9 Å². The molecule has 1 aliphatic heterocycles. The number of amides is 3. The van der Waals surface area contributed by atoms with Crippen LogP contribution in [0.1, 0.15) is 42.9 Å². The van der Waals surface area contributed by atoms with Crippen molar-refractivity contribution in [1.29, 1.82) is 0 Å². The molecule has 2 aromatic carbocycles. The average Bonchev–Trinajstić information content (AvgIpc) is 2.98. The Balaban J connectivity index is 1.97. The summed E-state index contributed by atoms with van der Waals surface area (Å²) in [4.78, 5) is 27.6. The fourth-order valence-corrected chi connectivity index (χ4v) is 3.82. The van der Waals surface area contributed by atoms with E-state index < -0.39 is 11.6 Å². The Kier molecular flexibility index (Phi) is 6.29. The first-order valence-electron chi connectivity index (χ1n) is 9.98. The molecule has 1 saturated heterocycles. The largest absolute Gasteiger partial charge is 0.493 e. The molecule has 0 bridgehead atoms. The van der Waals surface area contributed by atoms with Crippen molar-refractivity contribution in [3.05, 3.63) is 58.9 Å². The van der Waals surface area contributed by atoms with Gasteiger partial charge in [0.05, 0.1) is 20.8 Å². The van der Waals surface area contributed by atoms with Gasteiger partial charge in [-0.2, -0.15) is 0 Å². The maximum atomic E-state index is 13.5. The quantitative estimate of drug-likeness (QED) is 0.655. The number of hydrogen-bond acceptors (Lipinski definition) is 4. The van der Waals surface area contributed by atoms with Crippen molar-refractivity contribution in [3.63, 3.8) is 0 Å². The van der Waals surface area contributed by atoms with E-state index in [1.54, 1.807) is 25.3 Å². The number of imide groups is 1. The molecule has 7 heteroatoms.